The molecule has 3 rings (SSSR count). The minimum Gasteiger partial charge on any atom is -0.324 e. The quantitative estimate of drug-likeness (QED) is 0.736. The molecule has 0 aliphatic carbocycles. The molecular weight excluding hydrogens is 427 g/mol. The van der Waals surface area contributed by atoms with Gasteiger partial charge in [0.1, 0.15) is 5.82 Å². The Balaban J connectivity index is 1.68. The summed E-state index contributed by atoms with van der Waals surface area (Å²) < 4.78 is 38.8. The maximum atomic E-state index is 13.7. The van der Waals surface area contributed by atoms with Gasteiger partial charge < -0.3 is 10.6 Å². The summed E-state index contributed by atoms with van der Waals surface area (Å²) in [5, 5.41) is 4.93. The zero-order chi connectivity index (χ0) is 20.5. The van der Waals surface area contributed by atoms with Gasteiger partial charge in [0.15, 0.2) is 9.84 Å². The van der Waals surface area contributed by atoms with Crippen molar-refractivity contribution < 1.29 is 22.4 Å². The van der Waals surface area contributed by atoms with Crippen LogP contribution in [-0.4, -0.2) is 31.2 Å². The molecule has 0 unspecified atom stereocenters. The van der Waals surface area contributed by atoms with Crippen molar-refractivity contribution in [1.82, 2.24) is 0 Å². The summed E-state index contributed by atoms with van der Waals surface area (Å²) in [5.41, 5.74) is 0.358. The zero-order valence-corrected chi connectivity index (χ0v) is 17.1. The van der Waals surface area contributed by atoms with Crippen LogP contribution < -0.4 is 10.6 Å². The SMILES string of the molecule is C[C@H]1Sc2ccc(S(=O)(=O)CCC(=O)Nc3ccc(Cl)cc3F)cc2NC1=O. The Bertz CT molecular complexity index is 1060. The minimum absolute atomic E-state index is 0.00664. The fourth-order valence-electron chi connectivity index (χ4n) is 2.53. The summed E-state index contributed by atoms with van der Waals surface area (Å²) in [5.74, 6) is -2.00. The van der Waals surface area contributed by atoms with E-state index < -0.39 is 27.3 Å². The van der Waals surface area contributed by atoms with Crippen molar-refractivity contribution in [1.29, 1.82) is 0 Å². The van der Waals surface area contributed by atoms with Crippen LogP contribution in [-0.2, 0) is 19.4 Å². The number of amides is 2. The van der Waals surface area contributed by atoms with Crippen LogP contribution in [0.3, 0.4) is 0 Å². The van der Waals surface area contributed by atoms with Gasteiger partial charge in [-0.05, 0) is 43.3 Å². The largest absolute Gasteiger partial charge is 0.324 e. The Morgan fingerprint density at radius 3 is 2.75 bits per heavy atom. The highest BCUT2D eigenvalue weighted by Crippen LogP contribution is 2.36. The van der Waals surface area contributed by atoms with E-state index in [1.54, 1.807) is 13.0 Å². The van der Waals surface area contributed by atoms with Gasteiger partial charge in [-0.1, -0.05) is 11.6 Å². The van der Waals surface area contributed by atoms with Gasteiger partial charge in [0.05, 0.1) is 27.3 Å². The molecule has 1 atom stereocenters. The van der Waals surface area contributed by atoms with E-state index in [9.17, 15) is 22.4 Å². The minimum atomic E-state index is -3.77. The predicted octanol–water partition coefficient (Wildman–Crippen LogP) is 3.71. The third kappa shape index (κ3) is 4.65. The molecule has 1 aliphatic rings. The summed E-state index contributed by atoms with van der Waals surface area (Å²) in [6, 6.07) is 8.23. The number of sulfone groups is 1. The lowest BCUT2D eigenvalue weighted by molar-refractivity contribution is -0.116. The Kier molecular flexibility index (Phi) is 5.97. The number of benzene rings is 2. The summed E-state index contributed by atoms with van der Waals surface area (Å²) in [6.07, 6.45) is -0.348. The van der Waals surface area contributed by atoms with Gasteiger partial charge in [0.2, 0.25) is 11.8 Å². The Morgan fingerprint density at radius 1 is 1.29 bits per heavy atom. The molecule has 1 heterocycles. The fourth-order valence-corrected chi connectivity index (χ4v) is 4.88. The molecule has 28 heavy (non-hydrogen) atoms. The maximum absolute atomic E-state index is 13.7. The number of hydrogen-bond acceptors (Lipinski definition) is 5. The molecule has 0 bridgehead atoms. The molecule has 6 nitrogen and oxygen atoms in total. The number of anilines is 2. The van der Waals surface area contributed by atoms with Crippen LogP contribution in [0.4, 0.5) is 15.8 Å². The van der Waals surface area contributed by atoms with Crippen LogP contribution >= 0.6 is 23.4 Å². The topological polar surface area (TPSA) is 92.3 Å². The number of rotatable bonds is 5. The lowest BCUT2D eigenvalue weighted by Gasteiger charge is -2.21. The van der Waals surface area contributed by atoms with Crippen molar-refractivity contribution in [2.75, 3.05) is 16.4 Å². The van der Waals surface area contributed by atoms with E-state index in [2.05, 4.69) is 10.6 Å². The summed E-state index contributed by atoms with van der Waals surface area (Å²) >= 11 is 7.00. The molecule has 2 N–H and O–H groups in total. The lowest BCUT2D eigenvalue weighted by atomic mass is 10.3. The second kappa shape index (κ2) is 8.10. The smallest absolute Gasteiger partial charge is 0.237 e. The molecule has 1 aliphatic heterocycles. The van der Waals surface area contributed by atoms with Gasteiger partial charge in [0.25, 0.3) is 0 Å². The number of carbonyl (C=O) groups excluding carboxylic acids is 2. The molecule has 0 saturated carbocycles. The molecule has 2 aromatic carbocycles. The van der Waals surface area contributed by atoms with Crippen molar-refractivity contribution in [3.63, 3.8) is 0 Å². The fraction of sp³-hybridized carbons (Fsp3) is 0.222. The van der Waals surface area contributed by atoms with E-state index in [1.807, 2.05) is 0 Å². The van der Waals surface area contributed by atoms with E-state index in [4.69, 9.17) is 11.6 Å². The van der Waals surface area contributed by atoms with Crippen molar-refractivity contribution in [3.05, 3.63) is 47.2 Å². The first-order valence-corrected chi connectivity index (χ1v) is 11.2. The van der Waals surface area contributed by atoms with Gasteiger partial charge in [-0.15, -0.1) is 11.8 Å². The maximum Gasteiger partial charge on any atom is 0.237 e. The zero-order valence-electron chi connectivity index (χ0n) is 14.7. The number of hydrogen-bond donors (Lipinski definition) is 2. The molecule has 0 radical (unpaired) electrons. The Hall–Kier alpha value is -2.10. The second-order valence-corrected chi connectivity index (χ2v) is 10.1. The number of thioether (sulfide) groups is 1. The van der Waals surface area contributed by atoms with E-state index in [1.165, 1.54) is 36.0 Å². The Morgan fingerprint density at radius 2 is 2.04 bits per heavy atom. The van der Waals surface area contributed by atoms with Crippen molar-refractivity contribution in [3.8, 4) is 0 Å². The van der Waals surface area contributed by atoms with Gasteiger partial charge in [-0.25, -0.2) is 12.8 Å². The number of carbonyl (C=O) groups is 2. The lowest BCUT2D eigenvalue weighted by Crippen LogP contribution is -2.26. The molecule has 2 amide bonds. The van der Waals surface area contributed by atoms with Crippen LogP contribution in [0.5, 0.6) is 0 Å². The van der Waals surface area contributed by atoms with Gasteiger partial charge in [0, 0.05) is 16.3 Å². The first kappa shape index (κ1) is 20.6. The molecule has 0 saturated heterocycles. The van der Waals surface area contributed by atoms with Crippen molar-refractivity contribution in [2.45, 2.75) is 28.4 Å². The summed E-state index contributed by atoms with van der Waals surface area (Å²) in [6.45, 7) is 1.76. The second-order valence-electron chi connectivity index (χ2n) is 6.15. The monoisotopic (exact) mass is 442 g/mol. The van der Waals surface area contributed by atoms with Crippen molar-refractivity contribution in [2.24, 2.45) is 0 Å². The highest BCUT2D eigenvalue weighted by Gasteiger charge is 2.25. The molecule has 148 valence electrons. The predicted molar refractivity (Wildman–Crippen MR) is 107 cm³/mol. The summed E-state index contributed by atoms with van der Waals surface area (Å²) in [4.78, 5) is 24.6. The third-order valence-electron chi connectivity index (χ3n) is 4.04. The van der Waals surface area contributed by atoms with Crippen LogP contribution in [0, 0.1) is 5.82 Å². The average Bonchev–Trinajstić information content (AvgIpc) is 2.63. The highest BCUT2D eigenvalue weighted by atomic mass is 35.5. The number of fused-ring (bicyclic) bond motifs is 1. The number of halogens is 2. The van der Waals surface area contributed by atoms with Gasteiger partial charge in [-0.2, -0.15) is 0 Å². The summed E-state index contributed by atoms with van der Waals surface area (Å²) in [7, 11) is -3.77. The van der Waals surface area contributed by atoms with Crippen LogP contribution in [0.1, 0.15) is 13.3 Å². The van der Waals surface area contributed by atoms with E-state index in [-0.39, 0.29) is 33.2 Å². The van der Waals surface area contributed by atoms with E-state index in [0.29, 0.717) is 5.69 Å². The molecule has 0 aromatic heterocycles. The van der Waals surface area contributed by atoms with Crippen LogP contribution in [0.25, 0.3) is 0 Å². The average molecular weight is 443 g/mol. The first-order chi connectivity index (χ1) is 13.2. The van der Waals surface area contributed by atoms with Crippen LogP contribution in [0.2, 0.25) is 5.02 Å². The third-order valence-corrected chi connectivity index (χ3v) is 7.17. The van der Waals surface area contributed by atoms with Crippen molar-refractivity contribution >= 4 is 56.4 Å². The van der Waals surface area contributed by atoms with Gasteiger partial charge >= 0.3 is 0 Å². The molecular formula is C18H16ClFN2O4S2. The van der Waals surface area contributed by atoms with E-state index in [0.717, 1.165) is 11.0 Å². The molecule has 10 heteroatoms. The standard InChI is InChI=1S/C18H16ClFN2O4S2/c1-10-18(24)22-15-9-12(3-5-16(15)27-10)28(25,26)7-6-17(23)21-14-4-2-11(19)8-13(14)20/h2-5,8-10H,6-7H2,1H3,(H,21,23)(H,22,24)/t10-/m1/s1. The Labute approximate surface area is 170 Å². The van der Waals surface area contributed by atoms with Crippen LogP contribution in [0.15, 0.2) is 46.2 Å². The molecule has 0 fully saturated rings. The highest BCUT2D eigenvalue weighted by molar-refractivity contribution is 8.01. The normalized spacial score (nSPS) is 16.2. The van der Waals surface area contributed by atoms with Gasteiger partial charge in [-0.3, -0.25) is 9.59 Å². The first-order valence-electron chi connectivity index (χ1n) is 8.25. The molecule has 0 spiro atoms. The van der Waals surface area contributed by atoms with E-state index >= 15 is 0 Å². The molecule has 2 aromatic rings. The number of nitrogens with one attached hydrogen (secondary N) is 2.